The first kappa shape index (κ1) is 20.1. The van der Waals surface area contributed by atoms with Crippen LogP contribution >= 0.6 is 0 Å². The summed E-state index contributed by atoms with van der Waals surface area (Å²) in [6.45, 7) is 2.50. The average molecular weight is 307 g/mol. The molecule has 0 aliphatic rings. The maximum Gasteiger partial charge on any atom is 0.671 e. The Balaban J connectivity index is 2.99. The van der Waals surface area contributed by atoms with Crippen LogP contribution in [0.15, 0.2) is 0 Å². The summed E-state index contributed by atoms with van der Waals surface area (Å²) in [5, 5.41) is 0. The molecule has 0 amide bonds. The van der Waals surface area contributed by atoms with Crippen molar-refractivity contribution in [3.63, 3.8) is 0 Å². The Morgan fingerprint density at radius 2 is 0.950 bits per heavy atom. The molecule has 0 aliphatic heterocycles. The minimum absolute atomic E-state index is 0.244. The van der Waals surface area contributed by atoms with Gasteiger partial charge in [0.05, 0.1) is 0 Å². The number of hydrogen-bond donors (Lipinski definition) is 3. The van der Waals surface area contributed by atoms with Crippen molar-refractivity contribution >= 4 is 9.05 Å². The van der Waals surface area contributed by atoms with Gasteiger partial charge in [0, 0.05) is 6.61 Å². The summed E-state index contributed by atoms with van der Waals surface area (Å²) >= 11 is 0. The third kappa shape index (κ3) is 18.1. The molecule has 0 aromatic carbocycles. The lowest BCUT2D eigenvalue weighted by Crippen LogP contribution is -2.39. The summed E-state index contributed by atoms with van der Waals surface area (Å²) in [4.78, 5) is 25.9. The molecule has 0 heterocycles. The molecule has 0 bridgehead atoms. The highest BCUT2D eigenvalue weighted by Gasteiger charge is 2.29. The molecular formula is C15H34O4Si. The van der Waals surface area contributed by atoms with E-state index in [4.69, 9.17) is 14.4 Å². The van der Waals surface area contributed by atoms with Gasteiger partial charge in [-0.05, 0) is 6.42 Å². The van der Waals surface area contributed by atoms with E-state index in [0.717, 1.165) is 19.3 Å². The third-order valence-electron chi connectivity index (χ3n) is 3.54. The zero-order valence-corrected chi connectivity index (χ0v) is 14.1. The summed E-state index contributed by atoms with van der Waals surface area (Å²) in [7, 11) is -4.26. The molecule has 0 aromatic heterocycles. The van der Waals surface area contributed by atoms with Crippen LogP contribution in [-0.4, -0.2) is 30.0 Å². The maximum absolute atomic E-state index is 8.64. The molecule has 122 valence electrons. The lowest BCUT2D eigenvalue weighted by Gasteiger charge is -2.09. The lowest BCUT2D eigenvalue weighted by atomic mass is 10.0. The van der Waals surface area contributed by atoms with Crippen LogP contribution in [0.25, 0.3) is 0 Å². The highest BCUT2D eigenvalue weighted by Crippen LogP contribution is 2.12. The van der Waals surface area contributed by atoms with Crippen LogP contribution < -0.4 is 0 Å². The SMILES string of the molecule is CCCCCCCCCCCCCCCO[Si](O)(O)O. The van der Waals surface area contributed by atoms with Crippen LogP contribution in [0.3, 0.4) is 0 Å². The third-order valence-corrected chi connectivity index (χ3v) is 4.14. The van der Waals surface area contributed by atoms with Crippen molar-refractivity contribution in [1.29, 1.82) is 0 Å². The van der Waals surface area contributed by atoms with Gasteiger partial charge in [0.15, 0.2) is 0 Å². The van der Waals surface area contributed by atoms with Crippen LogP contribution in [0.2, 0.25) is 0 Å². The van der Waals surface area contributed by atoms with Crippen LogP contribution in [-0.2, 0) is 4.43 Å². The van der Waals surface area contributed by atoms with E-state index in [9.17, 15) is 0 Å². The fourth-order valence-electron chi connectivity index (χ4n) is 2.33. The van der Waals surface area contributed by atoms with Crippen molar-refractivity contribution in [2.45, 2.75) is 90.4 Å². The minimum atomic E-state index is -4.26. The molecular weight excluding hydrogens is 272 g/mol. The molecule has 0 spiro atoms. The molecule has 0 saturated heterocycles. The smallest absolute Gasteiger partial charge is 0.368 e. The maximum atomic E-state index is 8.64. The Kier molecular flexibility index (Phi) is 14.1. The first-order valence-corrected chi connectivity index (χ1v) is 10.1. The standard InChI is InChI=1S/C15H34O4Si/c1-2-3-4-5-6-7-8-9-10-11-12-13-14-15-19-20(16,17)18/h16-18H,2-15H2,1H3. The second-order valence-electron chi connectivity index (χ2n) is 5.66. The molecule has 3 N–H and O–H groups in total. The average Bonchev–Trinajstić information content (AvgIpc) is 2.38. The minimum Gasteiger partial charge on any atom is -0.368 e. The Labute approximate surface area is 125 Å². The molecule has 4 nitrogen and oxygen atoms in total. The van der Waals surface area contributed by atoms with Gasteiger partial charge in [0.1, 0.15) is 0 Å². The van der Waals surface area contributed by atoms with Gasteiger partial charge in [0.25, 0.3) is 0 Å². The normalized spacial score (nSPS) is 12.0. The van der Waals surface area contributed by atoms with Gasteiger partial charge in [-0.2, -0.15) is 0 Å². The Morgan fingerprint density at radius 3 is 1.30 bits per heavy atom. The van der Waals surface area contributed by atoms with E-state index in [0.29, 0.717) is 0 Å². The second kappa shape index (κ2) is 14.0. The van der Waals surface area contributed by atoms with Gasteiger partial charge in [-0.1, -0.05) is 84.0 Å². The highest BCUT2D eigenvalue weighted by molar-refractivity contribution is 6.48. The highest BCUT2D eigenvalue weighted by atomic mass is 28.4. The molecule has 0 unspecified atom stereocenters. The van der Waals surface area contributed by atoms with Gasteiger partial charge in [-0.3, -0.25) is 0 Å². The number of unbranched alkanes of at least 4 members (excludes halogenated alkanes) is 12. The van der Waals surface area contributed by atoms with Gasteiger partial charge >= 0.3 is 9.05 Å². The van der Waals surface area contributed by atoms with Crippen LogP contribution in [0.4, 0.5) is 0 Å². The molecule has 0 aromatic rings. The molecule has 0 fully saturated rings. The summed E-state index contributed by atoms with van der Waals surface area (Å²) in [6.07, 6.45) is 16.5. The van der Waals surface area contributed by atoms with Crippen molar-refractivity contribution in [1.82, 2.24) is 0 Å². The van der Waals surface area contributed by atoms with Crippen molar-refractivity contribution in [3.05, 3.63) is 0 Å². The Hall–Kier alpha value is 0.0569. The molecule has 0 saturated carbocycles. The van der Waals surface area contributed by atoms with Crippen LogP contribution in [0.1, 0.15) is 90.4 Å². The first-order valence-electron chi connectivity index (χ1n) is 8.37. The zero-order chi connectivity index (χ0) is 15.1. The van der Waals surface area contributed by atoms with Gasteiger partial charge in [-0.25, -0.2) is 0 Å². The van der Waals surface area contributed by atoms with E-state index < -0.39 is 9.05 Å². The second-order valence-corrected chi connectivity index (χ2v) is 7.10. The quantitative estimate of drug-likeness (QED) is 0.320. The topological polar surface area (TPSA) is 69.9 Å². The monoisotopic (exact) mass is 306 g/mol. The zero-order valence-electron chi connectivity index (χ0n) is 13.1. The summed E-state index contributed by atoms with van der Waals surface area (Å²) in [6, 6.07) is 0. The fraction of sp³-hybridized carbons (Fsp3) is 1.00. The predicted molar refractivity (Wildman–Crippen MR) is 84.1 cm³/mol. The van der Waals surface area contributed by atoms with Crippen LogP contribution in [0, 0.1) is 0 Å². The largest absolute Gasteiger partial charge is 0.671 e. The predicted octanol–water partition coefficient (Wildman–Crippen LogP) is 3.51. The van der Waals surface area contributed by atoms with Gasteiger partial charge in [-0.15, -0.1) is 0 Å². The summed E-state index contributed by atoms with van der Waals surface area (Å²) in [5.41, 5.74) is 0. The van der Waals surface area contributed by atoms with Gasteiger partial charge < -0.3 is 18.8 Å². The van der Waals surface area contributed by atoms with Crippen molar-refractivity contribution in [3.8, 4) is 0 Å². The Bertz CT molecular complexity index is 195. The molecule has 0 radical (unpaired) electrons. The van der Waals surface area contributed by atoms with E-state index in [1.54, 1.807) is 0 Å². The van der Waals surface area contributed by atoms with E-state index in [1.807, 2.05) is 0 Å². The molecule has 0 aliphatic carbocycles. The van der Waals surface area contributed by atoms with E-state index in [1.165, 1.54) is 64.2 Å². The van der Waals surface area contributed by atoms with E-state index in [2.05, 4.69) is 11.3 Å². The van der Waals surface area contributed by atoms with E-state index >= 15 is 0 Å². The first-order chi connectivity index (χ1) is 9.56. The van der Waals surface area contributed by atoms with Crippen molar-refractivity contribution in [2.75, 3.05) is 6.61 Å². The molecule has 5 heteroatoms. The molecule has 20 heavy (non-hydrogen) atoms. The fourth-order valence-corrected chi connectivity index (χ4v) is 2.75. The molecule has 0 atom stereocenters. The molecule has 0 rings (SSSR count). The van der Waals surface area contributed by atoms with Crippen LogP contribution in [0.5, 0.6) is 0 Å². The summed E-state index contributed by atoms with van der Waals surface area (Å²) < 4.78 is 4.53. The van der Waals surface area contributed by atoms with Gasteiger partial charge in [0.2, 0.25) is 0 Å². The van der Waals surface area contributed by atoms with E-state index in [-0.39, 0.29) is 6.61 Å². The number of hydrogen-bond acceptors (Lipinski definition) is 4. The Morgan fingerprint density at radius 1 is 0.600 bits per heavy atom. The van der Waals surface area contributed by atoms with Crippen molar-refractivity contribution in [2.24, 2.45) is 0 Å². The van der Waals surface area contributed by atoms with Crippen molar-refractivity contribution < 1.29 is 18.8 Å². The lowest BCUT2D eigenvalue weighted by molar-refractivity contribution is 0.0618. The summed E-state index contributed by atoms with van der Waals surface area (Å²) in [5.74, 6) is 0. The number of rotatable bonds is 15.